The molecule has 0 spiro atoms. The maximum absolute atomic E-state index is 12.7. The third kappa shape index (κ3) is 3.46. The van der Waals surface area contributed by atoms with Crippen LogP contribution in [0.15, 0.2) is 46.4 Å². The topological polar surface area (TPSA) is 86.7 Å². The fourth-order valence-electron chi connectivity index (χ4n) is 2.33. The number of hydrogen-bond acceptors (Lipinski definition) is 4. The van der Waals surface area contributed by atoms with Gasteiger partial charge >= 0.3 is 6.03 Å². The lowest BCUT2D eigenvalue weighted by atomic mass is 10.1. The van der Waals surface area contributed by atoms with Crippen molar-refractivity contribution < 1.29 is 19.5 Å². The van der Waals surface area contributed by atoms with E-state index in [2.05, 4.69) is 21.2 Å². The summed E-state index contributed by atoms with van der Waals surface area (Å²) in [5.41, 5.74) is 0.0593. The predicted octanol–water partition coefficient (Wildman–Crippen LogP) is 4.13. The molecule has 0 saturated carbocycles. The number of anilines is 1. The van der Waals surface area contributed by atoms with Crippen molar-refractivity contribution in [3.63, 3.8) is 0 Å². The zero-order valence-corrected chi connectivity index (χ0v) is 15.9. The van der Waals surface area contributed by atoms with Crippen molar-refractivity contribution >= 4 is 68.7 Å². The van der Waals surface area contributed by atoms with Crippen molar-refractivity contribution in [1.29, 1.82) is 0 Å². The molecule has 0 bridgehead atoms. The van der Waals surface area contributed by atoms with Gasteiger partial charge in [0.2, 0.25) is 0 Å². The molecule has 2 N–H and O–H groups in total. The molecule has 1 aliphatic heterocycles. The monoisotopic (exact) mass is 454 g/mol. The first-order chi connectivity index (χ1) is 12.3. The smallest absolute Gasteiger partial charge is 0.335 e. The highest BCUT2D eigenvalue weighted by atomic mass is 79.9. The number of imide groups is 2. The lowest BCUT2D eigenvalue weighted by Gasteiger charge is -2.26. The summed E-state index contributed by atoms with van der Waals surface area (Å²) in [6.45, 7) is 0. The Morgan fingerprint density at radius 1 is 1.04 bits per heavy atom. The number of halogens is 3. The molecule has 0 radical (unpaired) electrons. The van der Waals surface area contributed by atoms with Crippen LogP contribution in [0.3, 0.4) is 0 Å². The number of phenols is 1. The largest absolute Gasteiger partial charge is 0.506 e. The van der Waals surface area contributed by atoms with E-state index >= 15 is 0 Å². The van der Waals surface area contributed by atoms with Gasteiger partial charge in [-0.3, -0.25) is 14.9 Å². The van der Waals surface area contributed by atoms with E-state index in [-0.39, 0.29) is 27.6 Å². The van der Waals surface area contributed by atoms with Crippen molar-refractivity contribution in [3.8, 4) is 5.75 Å². The van der Waals surface area contributed by atoms with Crippen LogP contribution in [0.4, 0.5) is 10.5 Å². The van der Waals surface area contributed by atoms with Gasteiger partial charge in [0.05, 0.1) is 10.2 Å². The van der Waals surface area contributed by atoms with Gasteiger partial charge in [0.1, 0.15) is 11.3 Å². The van der Waals surface area contributed by atoms with E-state index in [1.807, 2.05) is 0 Å². The van der Waals surface area contributed by atoms with Crippen LogP contribution in [0, 0.1) is 0 Å². The number of rotatable bonds is 2. The molecule has 1 fully saturated rings. The molecule has 0 unspecified atom stereocenters. The maximum Gasteiger partial charge on any atom is 0.335 e. The Morgan fingerprint density at radius 2 is 1.69 bits per heavy atom. The standard InChI is InChI=1S/C17H9BrCl2N2O4/c18-13-7-10(20)5-8(14(13)23)6-12-15(24)21-17(26)22(16(12)25)11-3-1-9(19)2-4-11/h1-7,23H,(H,21,24,26). The number of amides is 4. The number of hydrogen-bond donors (Lipinski definition) is 2. The molecule has 2 aromatic carbocycles. The van der Waals surface area contributed by atoms with Crippen LogP contribution in [-0.4, -0.2) is 23.0 Å². The third-order valence-corrected chi connectivity index (χ3v) is 4.62. The Bertz CT molecular complexity index is 973. The fourth-order valence-corrected chi connectivity index (χ4v) is 3.29. The van der Waals surface area contributed by atoms with E-state index in [0.717, 1.165) is 4.90 Å². The van der Waals surface area contributed by atoms with Crippen LogP contribution in [0.25, 0.3) is 6.08 Å². The normalized spacial score (nSPS) is 16.2. The molecule has 0 atom stereocenters. The minimum absolute atomic E-state index is 0.147. The van der Waals surface area contributed by atoms with Gasteiger partial charge in [-0.15, -0.1) is 0 Å². The predicted molar refractivity (Wildman–Crippen MR) is 101 cm³/mol. The zero-order valence-electron chi connectivity index (χ0n) is 12.8. The zero-order chi connectivity index (χ0) is 19.0. The van der Waals surface area contributed by atoms with Crippen LogP contribution in [0.5, 0.6) is 5.75 Å². The second-order valence-electron chi connectivity index (χ2n) is 5.26. The van der Waals surface area contributed by atoms with E-state index in [0.29, 0.717) is 9.50 Å². The lowest BCUT2D eigenvalue weighted by molar-refractivity contribution is -0.122. The van der Waals surface area contributed by atoms with Gasteiger partial charge in [-0.05, 0) is 58.4 Å². The van der Waals surface area contributed by atoms with Gasteiger partial charge in [0, 0.05) is 15.6 Å². The molecule has 6 nitrogen and oxygen atoms in total. The fraction of sp³-hybridized carbons (Fsp3) is 0. The SMILES string of the molecule is O=C1NC(=O)N(c2ccc(Cl)cc2)C(=O)C1=Cc1cc(Cl)cc(Br)c1O. The average molecular weight is 456 g/mol. The van der Waals surface area contributed by atoms with Gasteiger partial charge in [-0.2, -0.15) is 0 Å². The van der Waals surface area contributed by atoms with Gasteiger partial charge in [0.15, 0.2) is 0 Å². The first kappa shape index (κ1) is 18.4. The highest BCUT2D eigenvalue weighted by Gasteiger charge is 2.37. The number of benzene rings is 2. The van der Waals surface area contributed by atoms with Crippen molar-refractivity contribution in [2.75, 3.05) is 4.90 Å². The van der Waals surface area contributed by atoms with Crippen LogP contribution < -0.4 is 10.2 Å². The Morgan fingerprint density at radius 3 is 2.35 bits per heavy atom. The Hall–Kier alpha value is -2.35. The number of aromatic hydroxyl groups is 1. The molecular weight excluding hydrogens is 447 g/mol. The Balaban J connectivity index is 2.07. The van der Waals surface area contributed by atoms with Gasteiger partial charge in [0.25, 0.3) is 11.8 Å². The molecule has 0 aromatic heterocycles. The molecule has 3 rings (SSSR count). The molecule has 9 heteroatoms. The van der Waals surface area contributed by atoms with E-state index < -0.39 is 17.8 Å². The summed E-state index contributed by atoms with van der Waals surface area (Å²) in [6.07, 6.45) is 1.17. The Labute approximate surface area is 166 Å². The summed E-state index contributed by atoms with van der Waals surface area (Å²) in [6, 6.07) is 7.94. The Kier molecular flexibility index (Phi) is 5.04. The van der Waals surface area contributed by atoms with Crippen molar-refractivity contribution in [2.24, 2.45) is 0 Å². The number of carbonyl (C=O) groups excluding carboxylic acids is 3. The summed E-state index contributed by atoms with van der Waals surface area (Å²) in [5, 5.41) is 12.9. The number of nitrogens with zero attached hydrogens (tertiary/aromatic N) is 1. The van der Waals surface area contributed by atoms with Crippen LogP contribution in [0.2, 0.25) is 10.0 Å². The first-order valence-electron chi connectivity index (χ1n) is 7.13. The minimum Gasteiger partial charge on any atom is -0.506 e. The summed E-state index contributed by atoms with van der Waals surface area (Å²) in [4.78, 5) is 37.8. The van der Waals surface area contributed by atoms with Crippen molar-refractivity contribution in [1.82, 2.24) is 5.32 Å². The van der Waals surface area contributed by atoms with Gasteiger partial charge in [-0.1, -0.05) is 23.2 Å². The lowest BCUT2D eigenvalue weighted by Crippen LogP contribution is -2.54. The van der Waals surface area contributed by atoms with Crippen LogP contribution in [0.1, 0.15) is 5.56 Å². The van der Waals surface area contributed by atoms with E-state index in [4.69, 9.17) is 23.2 Å². The number of urea groups is 1. The van der Waals surface area contributed by atoms with E-state index in [1.54, 1.807) is 0 Å². The van der Waals surface area contributed by atoms with Gasteiger partial charge in [-0.25, -0.2) is 9.69 Å². The summed E-state index contributed by atoms with van der Waals surface area (Å²) < 4.78 is 0.297. The van der Waals surface area contributed by atoms with Crippen LogP contribution >= 0.6 is 39.1 Å². The van der Waals surface area contributed by atoms with E-state index in [9.17, 15) is 19.5 Å². The molecule has 1 saturated heterocycles. The van der Waals surface area contributed by atoms with Gasteiger partial charge < -0.3 is 5.11 Å². The average Bonchev–Trinajstić information content (AvgIpc) is 2.57. The molecule has 1 aliphatic rings. The number of carbonyl (C=O) groups is 3. The maximum atomic E-state index is 12.7. The highest BCUT2D eigenvalue weighted by molar-refractivity contribution is 9.10. The minimum atomic E-state index is -0.879. The summed E-state index contributed by atoms with van der Waals surface area (Å²) in [7, 11) is 0. The molecule has 132 valence electrons. The molecule has 1 heterocycles. The highest BCUT2D eigenvalue weighted by Crippen LogP contribution is 2.33. The molecule has 0 aliphatic carbocycles. The van der Waals surface area contributed by atoms with Crippen LogP contribution in [-0.2, 0) is 9.59 Å². The number of nitrogens with one attached hydrogen (secondary N) is 1. The summed E-state index contributed by atoms with van der Waals surface area (Å²) in [5.74, 6) is -1.91. The first-order valence-corrected chi connectivity index (χ1v) is 8.68. The molecule has 2 aromatic rings. The number of barbiturate groups is 1. The summed E-state index contributed by atoms with van der Waals surface area (Å²) >= 11 is 14.9. The van der Waals surface area contributed by atoms with Crippen molar-refractivity contribution in [2.45, 2.75) is 0 Å². The number of phenolic OH excluding ortho intramolecular Hbond substituents is 1. The third-order valence-electron chi connectivity index (χ3n) is 3.54. The molecular formula is C17H9BrCl2N2O4. The van der Waals surface area contributed by atoms with Crippen molar-refractivity contribution in [3.05, 3.63) is 62.1 Å². The second-order valence-corrected chi connectivity index (χ2v) is 6.99. The molecule has 4 amide bonds. The molecule has 26 heavy (non-hydrogen) atoms. The van der Waals surface area contributed by atoms with E-state index in [1.165, 1.54) is 42.5 Å². The quantitative estimate of drug-likeness (QED) is 0.526. The second kappa shape index (κ2) is 7.11.